The van der Waals surface area contributed by atoms with Crippen LogP contribution in [0.5, 0.6) is 5.75 Å². The van der Waals surface area contributed by atoms with E-state index in [1.807, 2.05) is 0 Å². The zero-order chi connectivity index (χ0) is 20.7. The number of carbonyl (C=O) groups is 2. The predicted octanol–water partition coefficient (Wildman–Crippen LogP) is 4.35. The van der Waals surface area contributed by atoms with E-state index in [4.69, 9.17) is 9.84 Å². The number of hydrogen-bond acceptors (Lipinski definition) is 3. The number of rotatable bonds is 3. The molecule has 1 N–H and O–H groups in total. The van der Waals surface area contributed by atoms with Gasteiger partial charge in [-0.3, -0.25) is 4.79 Å². The molecule has 1 aliphatic heterocycles. The molecule has 1 heterocycles. The van der Waals surface area contributed by atoms with Crippen LogP contribution in [0.1, 0.15) is 58.6 Å². The third-order valence-corrected chi connectivity index (χ3v) is 5.90. The van der Waals surface area contributed by atoms with Crippen molar-refractivity contribution in [2.75, 3.05) is 18.1 Å². The Labute approximate surface area is 166 Å². The molecule has 0 saturated carbocycles. The molecule has 5 heteroatoms. The molecular weight excluding hydrogens is 354 g/mol. The third kappa shape index (κ3) is 3.84. The van der Waals surface area contributed by atoms with Gasteiger partial charge in [-0.15, -0.1) is 0 Å². The standard InChI is InChI=1S/C23H29NO4/c1-15(12-21(26)27)6-7-20(25)24-10-11-28-19-14-17-16(13-18(19)24)22(2,3)8-9-23(17,4)5/h6-7,12-14H,8-11H2,1-5H3,(H,26,27). The summed E-state index contributed by atoms with van der Waals surface area (Å²) in [6, 6.07) is 4.24. The molecule has 0 saturated heterocycles. The molecule has 150 valence electrons. The molecule has 1 aromatic carbocycles. The summed E-state index contributed by atoms with van der Waals surface area (Å²) in [6.07, 6.45) is 6.26. The topological polar surface area (TPSA) is 66.8 Å². The average molecular weight is 383 g/mol. The summed E-state index contributed by atoms with van der Waals surface area (Å²) in [5.74, 6) is -0.450. The summed E-state index contributed by atoms with van der Waals surface area (Å²) < 4.78 is 5.90. The van der Waals surface area contributed by atoms with Crippen molar-refractivity contribution in [3.05, 3.63) is 47.1 Å². The Balaban J connectivity index is 1.99. The Bertz CT molecular complexity index is 877. The molecule has 1 amide bonds. The summed E-state index contributed by atoms with van der Waals surface area (Å²) in [6.45, 7) is 11.6. The van der Waals surface area contributed by atoms with Crippen molar-refractivity contribution in [3.63, 3.8) is 0 Å². The molecule has 0 spiro atoms. The number of fused-ring (bicyclic) bond motifs is 2. The molecule has 0 fully saturated rings. The van der Waals surface area contributed by atoms with Crippen LogP contribution in [0.4, 0.5) is 5.69 Å². The summed E-state index contributed by atoms with van der Waals surface area (Å²) in [7, 11) is 0. The van der Waals surface area contributed by atoms with E-state index in [1.54, 1.807) is 11.8 Å². The van der Waals surface area contributed by atoms with Crippen LogP contribution >= 0.6 is 0 Å². The van der Waals surface area contributed by atoms with Crippen LogP contribution in [-0.4, -0.2) is 30.1 Å². The second-order valence-electron chi connectivity index (χ2n) is 9.03. The van der Waals surface area contributed by atoms with Gasteiger partial charge >= 0.3 is 5.97 Å². The van der Waals surface area contributed by atoms with Crippen molar-refractivity contribution < 1.29 is 19.4 Å². The number of anilines is 1. The summed E-state index contributed by atoms with van der Waals surface area (Å²) in [5.41, 5.74) is 4.01. The minimum absolute atomic E-state index is 0.0443. The fourth-order valence-electron chi connectivity index (χ4n) is 4.04. The first-order valence-corrected chi connectivity index (χ1v) is 9.74. The zero-order valence-corrected chi connectivity index (χ0v) is 17.3. The number of ether oxygens (including phenoxy) is 1. The van der Waals surface area contributed by atoms with Gasteiger partial charge in [-0.2, -0.15) is 0 Å². The lowest BCUT2D eigenvalue weighted by Gasteiger charge is -2.43. The summed E-state index contributed by atoms with van der Waals surface area (Å²) in [5, 5.41) is 8.81. The number of carbonyl (C=O) groups excluding carboxylic acids is 1. The van der Waals surface area contributed by atoms with Crippen molar-refractivity contribution in [3.8, 4) is 5.75 Å². The highest BCUT2D eigenvalue weighted by Gasteiger charge is 2.39. The van der Waals surface area contributed by atoms with Crippen LogP contribution < -0.4 is 9.64 Å². The number of nitrogens with zero attached hydrogens (tertiary/aromatic N) is 1. The number of aliphatic carboxylic acids is 1. The maximum absolute atomic E-state index is 12.8. The molecular formula is C23H29NO4. The maximum atomic E-state index is 12.8. The predicted molar refractivity (Wildman–Crippen MR) is 110 cm³/mol. The smallest absolute Gasteiger partial charge is 0.328 e. The van der Waals surface area contributed by atoms with Crippen molar-refractivity contribution in [1.82, 2.24) is 0 Å². The van der Waals surface area contributed by atoms with Gasteiger partial charge in [-0.1, -0.05) is 33.8 Å². The van der Waals surface area contributed by atoms with E-state index in [2.05, 4.69) is 39.8 Å². The van der Waals surface area contributed by atoms with Gasteiger partial charge in [0.1, 0.15) is 12.4 Å². The molecule has 1 aliphatic carbocycles. The highest BCUT2D eigenvalue weighted by atomic mass is 16.5. The Kier molecular flexibility index (Phi) is 5.13. The lowest BCUT2D eigenvalue weighted by molar-refractivity contribution is -0.131. The van der Waals surface area contributed by atoms with Crippen molar-refractivity contribution in [2.45, 2.75) is 58.3 Å². The first-order chi connectivity index (χ1) is 13.0. The van der Waals surface area contributed by atoms with E-state index < -0.39 is 5.97 Å². The van der Waals surface area contributed by atoms with Gasteiger partial charge in [0.25, 0.3) is 5.91 Å². The lowest BCUT2D eigenvalue weighted by atomic mass is 9.63. The van der Waals surface area contributed by atoms with Crippen molar-refractivity contribution >= 4 is 17.6 Å². The Morgan fingerprint density at radius 2 is 1.68 bits per heavy atom. The van der Waals surface area contributed by atoms with E-state index in [0.717, 1.165) is 30.4 Å². The first-order valence-electron chi connectivity index (χ1n) is 9.74. The minimum atomic E-state index is -1.03. The van der Waals surface area contributed by atoms with E-state index in [1.165, 1.54) is 23.3 Å². The molecule has 2 aliphatic rings. The molecule has 0 atom stereocenters. The normalized spacial score (nSPS) is 20.3. The first kappa shape index (κ1) is 20.2. The summed E-state index contributed by atoms with van der Waals surface area (Å²) >= 11 is 0. The number of carboxylic acid groups (broad SMARTS) is 1. The van der Waals surface area contributed by atoms with E-state index in [-0.39, 0.29) is 16.7 Å². The Morgan fingerprint density at radius 1 is 1.07 bits per heavy atom. The number of carboxylic acids is 1. The number of benzene rings is 1. The van der Waals surface area contributed by atoms with E-state index in [9.17, 15) is 9.59 Å². The molecule has 0 radical (unpaired) electrons. The van der Waals surface area contributed by atoms with Crippen LogP contribution in [0.15, 0.2) is 35.9 Å². The van der Waals surface area contributed by atoms with Gasteiger partial charge < -0.3 is 14.7 Å². The Hall–Kier alpha value is -2.56. The van der Waals surface area contributed by atoms with E-state index in [0.29, 0.717) is 18.7 Å². The molecule has 3 rings (SSSR count). The number of hydrogen-bond donors (Lipinski definition) is 1. The van der Waals surface area contributed by atoms with Gasteiger partial charge in [-0.05, 0) is 59.4 Å². The average Bonchev–Trinajstić information content (AvgIpc) is 2.61. The van der Waals surface area contributed by atoms with Gasteiger partial charge in [0, 0.05) is 12.2 Å². The molecule has 28 heavy (non-hydrogen) atoms. The fourth-order valence-corrected chi connectivity index (χ4v) is 4.04. The van der Waals surface area contributed by atoms with Gasteiger partial charge in [-0.25, -0.2) is 4.79 Å². The van der Waals surface area contributed by atoms with Gasteiger partial charge in [0.05, 0.1) is 12.2 Å². The van der Waals surface area contributed by atoms with Crippen molar-refractivity contribution in [2.24, 2.45) is 0 Å². The fraction of sp³-hybridized carbons (Fsp3) is 0.478. The van der Waals surface area contributed by atoms with Crippen LogP contribution in [0, 0.1) is 0 Å². The molecule has 1 aromatic rings. The second kappa shape index (κ2) is 7.12. The largest absolute Gasteiger partial charge is 0.490 e. The molecule has 0 aromatic heterocycles. The van der Waals surface area contributed by atoms with Crippen LogP contribution in [-0.2, 0) is 20.4 Å². The lowest BCUT2D eigenvalue weighted by Crippen LogP contribution is -2.39. The van der Waals surface area contributed by atoms with Crippen LogP contribution in [0.25, 0.3) is 0 Å². The monoisotopic (exact) mass is 383 g/mol. The highest BCUT2D eigenvalue weighted by Crippen LogP contribution is 2.49. The van der Waals surface area contributed by atoms with Crippen LogP contribution in [0.3, 0.4) is 0 Å². The molecule has 0 unspecified atom stereocenters. The number of allylic oxidation sites excluding steroid dienone is 2. The number of amides is 1. The van der Waals surface area contributed by atoms with Crippen molar-refractivity contribution in [1.29, 1.82) is 0 Å². The third-order valence-electron chi connectivity index (χ3n) is 5.90. The maximum Gasteiger partial charge on any atom is 0.328 e. The Morgan fingerprint density at radius 3 is 2.29 bits per heavy atom. The minimum Gasteiger partial charge on any atom is -0.490 e. The quantitative estimate of drug-likeness (QED) is 0.622. The van der Waals surface area contributed by atoms with Gasteiger partial charge in [0.2, 0.25) is 0 Å². The summed E-state index contributed by atoms with van der Waals surface area (Å²) in [4.78, 5) is 25.3. The SMILES string of the molecule is CC(C=CC(=O)N1CCOc2cc3c(cc21)C(C)(C)CCC3(C)C)=CC(=O)O. The van der Waals surface area contributed by atoms with E-state index >= 15 is 0 Å². The molecule has 0 bridgehead atoms. The highest BCUT2D eigenvalue weighted by molar-refractivity contribution is 6.03. The second-order valence-corrected chi connectivity index (χ2v) is 9.03. The molecule has 5 nitrogen and oxygen atoms in total. The van der Waals surface area contributed by atoms with Gasteiger partial charge in [0.15, 0.2) is 0 Å². The van der Waals surface area contributed by atoms with Crippen LogP contribution in [0.2, 0.25) is 0 Å². The zero-order valence-electron chi connectivity index (χ0n) is 17.3.